The number of anilines is 1. The van der Waals surface area contributed by atoms with Crippen molar-refractivity contribution in [3.8, 4) is 0 Å². The summed E-state index contributed by atoms with van der Waals surface area (Å²) in [5.41, 5.74) is 5.04. The molecule has 0 radical (unpaired) electrons. The molecule has 0 amide bonds. The molecule has 1 aliphatic heterocycles. The molecule has 23 heavy (non-hydrogen) atoms. The van der Waals surface area contributed by atoms with Gasteiger partial charge < -0.3 is 10.4 Å². The lowest BCUT2D eigenvalue weighted by Gasteiger charge is -2.33. The molecule has 0 saturated heterocycles. The van der Waals surface area contributed by atoms with Crippen molar-refractivity contribution < 1.29 is 9.90 Å². The van der Waals surface area contributed by atoms with Gasteiger partial charge in [-0.3, -0.25) is 0 Å². The van der Waals surface area contributed by atoms with Crippen molar-refractivity contribution in [1.29, 1.82) is 0 Å². The number of hydrogen-bond acceptors (Lipinski definition) is 2. The molecule has 2 atom stereocenters. The topological polar surface area (TPSA) is 49.3 Å². The van der Waals surface area contributed by atoms with Crippen molar-refractivity contribution in [1.82, 2.24) is 0 Å². The molecule has 0 aromatic heterocycles. The van der Waals surface area contributed by atoms with Crippen molar-refractivity contribution in [2.75, 3.05) is 5.32 Å². The maximum atomic E-state index is 11.5. The Labute approximate surface area is 145 Å². The fraction of sp³-hybridized carbons (Fsp3) is 0.278. The number of carbonyl (C=O) groups is 1. The molecule has 2 aromatic rings. The SMILES string of the molecule is Cc1ccc(C2CC(C(=O)O)Nc3cc(Cl)cc(Cl)c32)c(C)c1. The highest BCUT2D eigenvalue weighted by Crippen LogP contribution is 2.45. The van der Waals surface area contributed by atoms with Gasteiger partial charge in [0.05, 0.1) is 0 Å². The van der Waals surface area contributed by atoms with Crippen LogP contribution in [0.5, 0.6) is 0 Å². The molecule has 1 aliphatic rings. The number of rotatable bonds is 2. The van der Waals surface area contributed by atoms with E-state index in [0.717, 1.165) is 16.7 Å². The van der Waals surface area contributed by atoms with Crippen molar-refractivity contribution in [2.45, 2.75) is 32.2 Å². The summed E-state index contributed by atoms with van der Waals surface area (Å²) >= 11 is 12.5. The van der Waals surface area contributed by atoms with Gasteiger partial charge in [0.15, 0.2) is 0 Å². The van der Waals surface area contributed by atoms with Crippen LogP contribution in [-0.4, -0.2) is 17.1 Å². The summed E-state index contributed by atoms with van der Waals surface area (Å²) in [4.78, 5) is 11.5. The number of hydrogen-bond donors (Lipinski definition) is 2. The summed E-state index contributed by atoms with van der Waals surface area (Å²) in [6.45, 7) is 4.09. The van der Waals surface area contributed by atoms with Crippen LogP contribution in [-0.2, 0) is 4.79 Å². The van der Waals surface area contributed by atoms with Crippen LogP contribution in [0.15, 0.2) is 30.3 Å². The molecule has 0 spiro atoms. The van der Waals surface area contributed by atoms with Gasteiger partial charge in [-0.15, -0.1) is 0 Å². The average molecular weight is 350 g/mol. The van der Waals surface area contributed by atoms with E-state index in [0.29, 0.717) is 22.2 Å². The Morgan fingerprint density at radius 1 is 1.22 bits per heavy atom. The molecule has 0 aliphatic carbocycles. The number of benzene rings is 2. The maximum Gasteiger partial charge on any atom is 0.326 e. The summed E-state index contributed by atoms with van der Waals surface area (Å²) in [5.74, 6) is -0.945. The second-order valence-corrected chi connectivity index (χ2v) is 6.88. The molecule has 0 saturated carbocycles. The normalized spacial score (nSPS) is 19.8. The van der Waals surface area contributed by atoms with Gasteiger partial charge in [-0.2, -0.15) is 0 Å². The fourth-order valence-electron chi connectivity index (χ4n) is 3.32. The molecule has 2 unspecified atom stereocenters. The first-order chi connectivity index (χ1) is 10.9. The minimum Gasteiger partial charge on any atom is -0.480 e. The van der Waals surface area contributed by atoms with Gasteiger partial charge in [-0.25, -0.2) is 4.79 Å². The smallest absolute Gasteiger partial charge is 0.326 e. The summed E-state index contributed by atoms with van der Waals surface area (Å²) in [7, 11) is 0. The van der Waals surface area contributed by atoms with E-state index >= 15 is 0 Å². The van der Waals surface area contributed by atoms with Crippen LogP contribution in [0.25, 0.3) is 0 Å². The Bertz CT molecular complexity index is 789. The predicted molar refractivity (Wildman–Crippen MR) is 93.9 cm³/mol. The summed E-state index contributed by atoms with van der Waals surface area (Å²) in [5, 5.41) is 13.5. The van der Waals surface area contributed by atoms with Gasteiger partial charge in [0, 0.05) is 27.2 Å². The summed E-state index contributed by atoms with van der Waals surface area (Å²) < 4.78 is 0. The lowest BCUT2D eigenvalue weighted by Crippen LogP contribution is -2.35. The summed E-state index contributed by atoms with van der Waals surface area (Å²) in [6.07, 6.45) is 0.452. The number of fused-ring (bicyclic) bond motifs is 1. The minimum atomic E-state index is -0.874. The van der Waals surface area contributed by atoms with Crippen LogP contribution in [0.2, 0.25) is 10.0 Å². The molecule has 3 rings (SSSR count). The van der Waals surface area contributed by atoms with Crippen molar-refractivity contribution in [2.24, 2.45) is 0 Å². The van der Waals surface area contributed by atoms with Crippen LogP contribution in [0.1, 0.15) is 34.6 Å². The molecule has 2 aromatic carbocycles. The predicted octanol–water partition coefficient (Wildman–Crippen LogP) is 5.01. The van der Waals surface area contributed by atoms with Gasteiger partial charge in [0.25, 0.3) is 0 Å². The van der Waals surface area contributed by atoms with Gasteiger partial charge in [-0.05, 0) is 43.5 Å². The largest absolute Gasteiger partial charge is 0.480 e. The molecular formula is C18H17Cl2NO2. The molecule has 5 heteroatoms. The van der Waals surface area contributed by atoms with Crippen molar-refractivity contribution >= 4 is 34.9 Å². The van der Waals surface area contributed by atoms with Gasteiger partial charge in [0.2, 0.25) is 0 Å². The van der Waals surface area contributed by atoms with E-state index in [2.05, 4.69) is 17.4 Å². The number of aryl methyl sites for hydroxylation is 2. The maximum absolute atomic E-state index is 11.5. The van der Waals surface area contributed by atoms with E-state index in [4.69, 9.17) is 23.2 Å². The van der Waals surface area contributed by atoms with E-state index in [9.17, 15) is 9.90 Å². The standard InChI is InChI=1S/C18H17Cl2NO2/c1-9-3-4-12(10(2)5-9)13-8-16(18(22)23)21-15-7-11(19)6-14(20)17(13)15/h3-7,13,16,21H,8H2,1-2H3,(H,22,23). The number of carboxylic acids is 1. The lowest BCUT2D eigenvalue weighted by molar-refractivity contribution is -0.138. The first-order valence-electron chi connectivity index (χ1n) is 7.42. The number of nitrogens with one attached hydrogen (secondary N) is 1. The lowest BCUT2D eigenvalue weighted by atomic mass is 9.80. The van der Waals surface area contributed by atoms with Crippen molar-refractivity contribution in [3.63, 3.8) is 0 Å². The Hall–Kier alpha value is -1.71. The molecule has 0 fully saturated rings. The van der Waals surface area contributed by atoms with Crippen LogP contribution >= 0.6 is 23.2 Å². The molecule has 2 N–H and O–H groups in total. The van der Waals surface area contributed by atoms with E-state index in [-0.39, 0.29) is 5.92 Å². The number of halogens is 2. The Kier molecular flexibility index (Phi) is 4.26. The van der Waals surface area contributed by atoms with Gasteiger partial charge in [0.1, 0.15) is 6.04 Å². The number of carboxylic acid groups (broad SMARTS) is 1. The summed E-state index contributed by atoms with van der Waals surface area (Å²) in [6, 6.07) is 9.01. The highest BCUT2D eigenvalue weighted by molar-refractivity contribution is 6.35. The van der Waals surface area contributed by atoms with Crippen LogP contribution < -0.4 is 5.32 Å². The number of aliphatic carboxylic acids is 1. The highest BCUT2D eigenvalue weighted by Gasteiger charge is 2.34. The van der Waals surface area contributed by atoms with E-state index in [1.807, 2.05) is 19.9 Å². The zero-order valence-corrected chi connectivity index (χ0v) is 14.4. The van der Waals surface area contributed by atoms with Crippen LogP contribution in [0.4, 0.5) is 5.69 Å². The zero-order chi connectivity index (χ0) is 16.7. The Balaban J connectivity index is 2.18. The van der Waals surface area contributed by atoms with Gasteiger partial charge in [-0.1, -0.05) is 47.0 Å². The third-order valence-corrected chi connectivity index (χ3v) is 4.87. The molecule has 3 nitrogen and oxygen atoms in total. The van der Waals surface area contributed by atoms with Gasteiger partial charge >= 0.3 is 5.97 Å². The molecule has 1 heterocycles. The third-order valence-electron chi connectivity index (χ3n) is 4.34. The van der Waals surface area contributed by atoms with E-state index in [1.54, 1.807) is 12.1 Å². The zero-order valence-electron chi connectivity index (χ0n) is 12.9. The average Bonchev–Trinajstić information content (AvgIpc) is 2.45. The minimum absolute atomic E-state index is 0.0716. The highest BCUT2D eigenvalue weighted by atomic mass is 35.5. The van der Waals surface area contributed by atoms with Crippen LogP contribution in [0.3, 0.4) is 0 Å². The third kappa shape index (κ3) is 3.04. The van der Waals surface area contributed by atoms with Crippen LogP contribution in [0, 0.1) is 13.8 Å². The molecular weight excluding hydrogens is 333 g/mol. The quantitative estimate of drug-likeness (QED) is 0.800. The van der Waals surface area contributed by atoms with E-state index in [1.165, 1.54) is 5.56 Å². The Morgan fingerprint density at radius 3 is 2.61 bits per heavy atom. The first-order valence-corrected chi connectivity index (χ1v) is 8.18. The monoisotopic (exact) mass is 349 g/mol. The Morgan fingerprint density at radius 2 is 1.96 bits per heavy atom. The second-order valence-electron chi connectivity index (χ2n) is 6.03. The fourth-order valence-corrected chi connectivity index (χ4v) is 3.95. The molecule has 120 valence electrons. The van der Waals surface area contributed by atoms with Crippen molar-refractivity contribution in [3.05, 3.63) is 62.6 Å². The first kappa shape index (κ1) is 16.2. The van der Waals surface area contributed by atoms with E-state index < -0.39 is 12.0 Å². The second kappa shape index (κ2) is 6.06. The molecule has 0 bridgehead atoms.